The topological polar surface area (TPSA) is 3.24 Å². The Morgan fingerprint density at radius 1 is 1.11 bits per heavy atom. The summed E-state index contributed by atoms with van der Waals surface area (Å²) < 4.78 is 2.69. The fourth-order valence-corrected chi connectivity index (χ4v) is 5.58. The quantitative estimate of drug-likeness (QED) is 0.492. The average molecular weight is 265 g/mol. The van der Waals surface area contributed by atoms with Gasteiger partial charge in [0.15, 0.2) is 0 Å². The molecule has 1 rings (SSSR count). The van der Waals surface area contributed by atoms with Gasteiger partial charge in [0.2, 0.25) is 0 Å². The first-order chi connectivity index (χ1) is 8.27. The molecular weight excluding hydrogens is 237 g/mol. The van der Waals surface area contributed by atoms with E-state index in [1.807, 2.05) is 0 Å². The summed E-state index contributed by atoms with van der Waals surface area (Å²) >= 11 is 0. The van der Waals surface area contributed by atoms with Crippen LogP contribution in [0.2, 0.25) is 0 Å². The van der Waals surface area contributed by atoms with Crippen molar-refractivity contribution in [3.63, 3.8) is 0 Å². The predicted molar refractivity (Wildman–Crippen MR) is 84.1 cm³/mol. The molecule has 0 bridgehead atoms. The van der Waals surface area contributed by atoms with Gasteiger partial charge in [-0.15, -0.1) is 5.73 Å². The first-order valence-electron chi connectivity index (χ1n) is 6.92. The summed E-state index contributed by atoms with van der Waals surface area (Å²) in [6.45, 7) is 18.0. The third kappa shape index (κ3) is 3.58. The van der Waals surface area contributed by atoms with E-state index in [9.17, 15) is 0 Å². The Morgan fingerprint density at radius 3 is 1.94 bits per heavy atom. The van der Waals surface area contributed by atoms with Crippen LogP contribution in [0, 0.1) is 0 Å². The maximum atomic E-state index is 3.40. The molecule has 0 aliphatic carbocycles. The number of nitrogens with zero attached hydrogens (tertiary/aromatic N) is 1. The molecule has 0 aromatic carbocycles. The molecule has 18 heavy (non-hydrogen) atoms. The number of allylic oxidation sites excluding steroid dienone is 3. The molecule has 102 valence electrons. The fourth-order valence-electron chi connectivity index (χ4n) is 2.48. The van der Waals surface area contributed by atoms with Gasteiger partial charge in [-0.25, -0.2) is 0 Å². The third-order valence-corrected chi connectivity index (χ3v) is 6.37. The van der Waals surface area contributed by atoms with E-state index < -0.39 is 0 Å². The van der Waals surface area contributed by atoms with Crippen LogP contribution < -0.4 is 0 Å². The predicted octanol–water partition coefficient (Wildman–Crippen LogP) is 5.30. The molecular formula is C16H28NP. The van der Waals surface area contributed by atoms with Crippen LogP contribution >= 0.6 is 8.07 Å². The molecule has 0 aromatic rings. The highest BCUT2D eigenvalue weighted by Gasteiger charge is 2.48. The molecule has 1 aliphatic rings. The standard InChI is InChI=1S/C16H28NP/c1-11(2)9-10-15-16(12(3)4)18(15)17(13(5)6)14(7)8/h10,13-15H,1-8H3. The highest BCUT2D eigenvalue weighted by Crippen LogP contribution is 2.75. The second-order valence-corrected chi connectivity index (χ2v) is 8.24. The largest absolute Gasteiger partial charge is 0.273 e. The Kier molecular flexibility index (Phi) is 5.41. The van der Waals surface area contributed by atoms with Gasteiger partial charge in [0.1, 0.15) is 0 Å². The van der Waals surface area contributed by atoms with Crippen LogP contribution in [-0.2, 0) is 0 Å². The monoisotopic (exact) mass is 265 g/mol. The van der Waals surface area contributed by atoms with Crippen LogP contribution in [-0.4, -0.2) is 22.4 Å². The summed E-state index contributed by atoms with van der Waals surface area (Å²) in [7, 11) is -0.108. The van der Waals surface area contributed by atoms with E-state index >= 15 is 0 Å². The second kappa shape index (κ2) is 6.20. The van der Waals surface area contributed by atoms with Crippen LogP contribution in [0.15, 0.2) is 28.3 Å². The maximum absolute atomic E-state index is 3.40. The maximum Gasteiger partial charge on any atom is 0.0483 e. The minimum atomic E-state index is -0.108. The third-order valence-electron chi connectivity index (χ3n) is 3.07. The highest BCUT2D eigenvalue weighted by atomic mass is 31.1. The van der Waals surface area contributed by atoms with Crippen molar-refractivity contribution in [3.05, 3.63) is 28.3 Å². The summed E-state index contributed by atoms with van der Waals surface area (Å²) in [5.41, 5.74) is 6.82. The van der Waals surface area contributed by atoms with Gasteiger partial charge in [-0.05, 0) is 72.4 Å². The Morgan fingerprint density at radius 2 is 1.61 bits per heavy atom. The zero-order chi connectivity index (χ0) is 14.0. The number of rotatable bonds is 4. The molecule has 1 saturated heterocycles. The fraction of sp³-hybridized carbons (Fsp3) is 0.688. The van der Waals surface area contributed by atoms with Crippen molar-refractivity contribution in [2.75, 3.05) is 0 Å². The van der Waals surface area contributed by atoms with Crippen molar-refractivity contribution < 1.29 is 0 Å². The molecule has 1 aliphatic heterocycles. The zero-order valence-corrected chi connectivity index (χ0v) is 14.1. The number of hydrogen-bond acceptors (Lipinski definition) is 1. The lowest BCUT2D eigenvalue weighted by atomic mass is 10.2. The molecule has 2 heteroatoms. The van der Waals surface area contributed by atoms with Crippen molar-refractivity contribution in [1.82, 2.24) is 4.67 Å². The van der Waals surface area contributed by atoms with Gasteiger partial charge in [-0.2, -0.15) is 0 Å². The van der Waals surface area contributed by atoms with Gasteiger partial charge in [0.05, 0.1) is 0 Å². The summed E-state index contributed by atoms with van der Waals surface area (Å²) in [6.07, 6.45) is 2.29. The lowest BCUT2D eigenvalue weighted by Crippen LogP contribution is -2.30. The van der Waals surface area contributed by atoms with E-state index in [2.05, 4.69) is 71.9 Å². The molecule has 0 radical (unpaired) electrons. The van der Waals surface area contributed by atoms with Gasteiger partial charge < -0.3 is 0 Å². The molecule has 1 fully saturated rings. The van der Waals surface area contributed by atoms with Crippen molar-refractivity contribution in [1.29, 1.82) is 0 Å². The van der Waals surface area contributed by atoms with Crippen LogP contribution in [0.1, 0.15) is 55.4 Å². The second-order valence-electron chi connectivity index (χ2n) is 6.05. The molecule has 1 nitrogen and oxygen atoms in total. The average Bonchev–Trinajstić information content (AvgIpc) is 2.87. The first-order valence-corrected chi connectivity index (χ1v) is 8.28. The molecule has 0 aromatic heterocycles. The Hall–Kier alpha value is -0.350. The van der Waals surface area contributed by atoms with Crippen LogP contribution in [0.5, 0.6) is 0 Å². The number of hydrogen-bond donors (Lipinski definition) is 0. The molecule has 0 amide bonds. The normalized spacial score (nSPS) is 22.5. The first kappa shape index (κ1) is 15.7. The molecule has 1 heterocycles. The zero-order valence-electron chi connectivity index (χ0n) is 13.2. The Labute approximate surface area is 114 Å². The van der Waals surface area contributed by atoms with Crippen molar-refractivity contribution in [2.45, 2.75) is 73.1 Å². The minimum Gasteiger partial charge on any atom is -0.273 e. The summed E-state index contributed by atoms with van der Waals surface area (Å²) in [4.78, 5) is 0. The van der Waals surface area contributed by atoms with Gasteiger partial charge in [0, 0.05) is 25.8 Å². The lowest BCUT2D eigenvalue weighted by Gasteiger charge is -2.30. The molecule has 0 N–H and O–H groups in total. The molecule has 0 spiro atoms. The van der Waals surface area contributed by atoms with Crippen molar-refractivity contribution in [2.24, 2.45) is 0 Å². The van der Waals surface area contributed by atoms with E-state index in [-0.39, 0.29) is 8.07 Å². The van der Waals surface area contributed by atoms with E-state index in [4.69, 9.17) is 0 Å². The van der Waals surface area contributed by atoms with Gasteiger partial charge in [0.25, 0.3) is 0 Å². The summed E-state index contributed by atoms with van der Waals surface area (Å²) in [5, 5.41) is 1.67. The van der Waals surface area contributed by atoms with Gasteiger partial charge >= 0.3 is 0 Å². The van der Waals surface area contributed by atoms with E-state index in [1.165, 1.54) is 11.1 Å². The van der Waals surface area contributed by atoms with E-state index in [0.717, 1.165) is 0 Å². The lowest BCUT2D eigenvalue weighted by molar-refractivity contribution is 0.328. The van der Waals surface area contributed by atoms with Gasteiger partial charge in [-0.1, -0.05) is 5.57 Å². The van der Waals surface area contributed by atoms with E-state index in [1.54, 1.807) is 5.31 Å². The van der Waals surface area contributed by atoms with E-state index in [0.29, 0.717) is 17.7 Å². The summed E-state index contributed by atoms with van der Waals surface area (Å²) in [5.74, 6) is 0. The molecule has 2 atom stereocenters. The SMILES string of the molecule is CC(C)=C=CC1C(=C(C)C)P1N(C(C)C)C(C)C. The minimum absolute atomic E-state index is 0.108. The molecule has 2 unspecified atom stereocenters. The Bertz CT molecular complexity index is 381. The van der Waals surface area contributed by atoms with Crippen molar-refractivity contribution in [3.8, 4) is 0 Å². The van der Waals surface area contributed by atoms with Gasteiger partial charge in [-0.3, -0.25) is 4.67 Å². The van der Waals surface area contributed by atoms with Crippen LogP contribution in [0.3, 0.4) is 0 Å². The van der Waals surface area contributed by atoms with Crippen LogP contribution in [0.25, 0.3) is 0 Å². The smallest absolute Gasteiger partial charge is 0.0483 e. The highest BCUT2D eigenvalue weighted by molar-refractivity contribution is 7.70. The summed E-state index contributed by atoms with van der Waals surface area (Å²) in [6, 6.07) is 1.24. The van der Waals surface area contributed by atoms with Crippen molar-refractivity contribution >= 4 is 8.07 Å². The Balaban J connectivity index is 3.02. The van der Waals surface area contributed by atoms with Crippen LogP contribution in [0.4, 0.5) is 0 Å². The molecule has 0 saturated carbocycles.